The summed E-state index contributed by atoms with van der Waals surface area (Å²) in [6.07, 6.45) is 0. The van der Waals surface area contributed by atoms with E-state index in [2.05, 4.69) is 5.32 Å². The molecule has 1 amide bonds. The van der Waals surface area contributed by atoms with Crippen molar-refractivity contribution in [3.63, 3.8) is 0 Å². The Balaban J connectivity index is 2.34. The predicted molar refractivity (Wildman–Crippen MR) is 81.0 cm³/mol. The second-order valence-corrected chi connectivity index (χ2v) is 5.14. The molecule has 0 bridgehead atoms. The van der Waals surface area contributed by atoms with E-state index < -0.39 is 5.97 Å². The van der Waals surface area contributed by atoms with Crippen molar-refractivity contribution < 1.29 is 14.7 Å². The van der Waals surface area contributed by atoms with Gasteiger partial charge in [0.1, 0.15) is 5.69 Å². The third-order valence-electron chi connectivity index (χ3n) is 3.76. The third kappa shape index (κ3) is 2.81. The first-order valence-electron chi connectivity index (χ1n) is 6.59. The fraction of sp³-hybridized carbons (Fsp3) is 0.250. The first-order valence-corrected chi connectivity index (χ1v) is 6.59. The standard InChI is InChI=1S/C16H18N2O3/c1-9-7-12(8-13(11(9)3)16(20)21)17-15(19)14-6-5-10(2)18(14)4/h5-8H,1-4H3,(H,17,19)(H,20,21). The summed E-state index contributed by atoms with van der Waals surface area (Å²) >= 11 is 0. The number of rotatable bonds is 3. The lowest BCUT2D eigenvalue weighted by Gasteiger charge is -2.11. The zero-order chi connectivity index (χ0) is 15.7. The Bertz CT molecular complexity index is 729. The fourth-order valence-corrected chi connectivity index (χ4v) is 2.19. The molecule has 0 saturated carbocycles. The molecule has 2 aromatic rings. The van der Waals surface area contributed by atoms with Crippen molar-refractivity contribution in [1.82, 2.24) is 4.57 Å². The summed E-state index contributed by atoms with van der Waals surface area (Å²) in [5.74, 6) is -1.26. The molecular weight excluding hydrogens is 268 g/mol. The number of carbonyl (C=O) groups is 2. The maximum atomic E-state index is 12.2. The Morgan fingerprint density at radius 2 is 1.81 bits per heavy atom. The van der Waals surface area contributed by atoms with E-state index in [1.54, 1.807) is 23.6 Å². The SMILES string of the molecule is Cc1cc(NC(=O)c2ccc(C)n2C)cc(C(=O)O)c1C. The Kier molecular flexibility index (Phi) is 3.84. The molecule has 21 heavy (non-hydrogen) atoms. The molecule has 0 fully saturated rings. The molecule has 1 heterocycles. The number of carboxylic acid groups (broad SMARTS) is 1. The summed E-state index contributed by atoms with van der Waals surface area (Å²) < 4.78 is 1.79. The zero-order valence-electron chi connectivity index (χ0n) is 12.5. The molecule has 0 aliphatic carbocycles. The van der Waals surface area contributed by atoms with Gasteiger partial charge < -0.3 is 15.0 Å². The summed E-state index contributed by atoms with van der Waals surface area (Å²) in [6.45, 7) is 5.49. The van der Waals surface area contributed by atoms with Crippen molar-refractivity contribution in [3.8, 4) is 0 Å². The van der Waals surface area contributed by atoms with Crippen LogP contribution in [0.1, 0.15) is 37.7 Å². The van der Waals surface area contributed by atoms with Crippen LogP contribution >= 0.6 is 0 Å². The number of aromatic carboxylic acids is 1. The van der Waals surface area contributed by atoms with Crippen LogP contribution in [0.25, 0.3) is 0 Å². The van der Waals surface area contributed by atoms with Gasteiger partial charge in [-0.05, 0) is 56.2 Å². The summed E-state index contributed by atoms with van der Waals surface area (Å²) in [6, 6.07) is 6.86. The van der Waals surface area contributed by atoms with Gasteiger partial charge in [-0.15, -0.1) is 0 Å². The van der Waals surface area contributed by atoms with Gasteiger partial charge in [-0.25, -0.2) is 4.79 Å². The van der Waals surface area contributed by atoms with Crippen LogP contribution in [0.4, 0.5) is 5.69 Å². The second kappa shape index (κ2) is 5.44. The number of amides is 1. The quantitative estimate of drug-likeness (QED) is 0.911. The highest BCUT2D eigenvalue weighted by Gasteiger charge is 2.15. The van der Waals surface area contributed by atoms with E-state index in [0.29, 0.717) is 16.9 Å². The number of nitrogens with one attached hydrogen (secondary N) is 1. The molecular formula is C16H18N2O3. The van der Waals surface area contributed by atoms with Crippen LogP contribution < -0.4 is 5.32 Å². The number of anilines is 1. The summed E-state index contributed by atoms with van der Waals surface area (Å²) in [7, 11) is 1.81. The van der Waals surface area contributed by atoms with Gasteiger partial charge in [0.25, 0.3) is 5.91 Å². The molecule has 0 unspecified atom stereocenters. The van der Waals surface area contributed by atoms with Crippen molar-refractivity contribution in [2.45, 2.75) is 20.8 Å². The maximum Gasteiger partial charge on any atom is 0.336 e. The van der Waals surface area contributed by atoms with E-state index in [-0.39, 0.29) is 11.5 Å². The van der Waals surface area contributed by atoms with Crippen LogP contribution in [-0.4, -0.2) is 21.6 Å². The average molecular weight is 286 g/mol. The average Bonchev–Trinajstić information content (AvgIpc) is 2.73. The van der Waals surface area contributed by atoms with Gasteiger partial charge in [0.15, 0.2) is 0 Å². The van der Waals surface area contributed by atoms with E-state index in [1.807, 2.05) is 27.0 Å². The van der Waals surface area contributed by atoms with Gasteiger partial charge in [-0.1, -0.05) is 0 Å². The number of nitrogens with zero attached hydrogens (tertiary/aromatic N) is 1. The number of aromatic nitrogens is 1. The van der Waals surface area contributed by atoms with E-state index >= 15 is 0 Å². The van der Waals surface area contributed by atoms with E-state index in [4.69, 9.17) is 0 Å². The topological polar surface area (TPSA) is 71.3 Å². The van der Waals surface area contributed by atoms with Gasteiger partial charge in [0, 0.05) is 18.4 Å². The number of carboxylic acids is 1. The summed E-state index contributed by atoms with van der Waals surface area (Å²) in [5, 5.41) is 11.9. The summed E-state index contributed by atoms with van der Waals surface area (Å²) in [5.41, 5.74) is 3.73. The van der Waals surface area contributed by atoms with Crippen LogP contribution in [0.15, 0.2) is 24.3 Å². The van der Waals surface area contributed by atoms with Crippen molar-refractivity contribution in [1.29, 1.82) is 0 Å². The molecule has 5 heteroatoms. The number of benzene rings is 1. The van der Waals surface area contributed by atoms with Gasteiger partial charge in [0.2, 0.25) is 0 Å². The van der Waals surface area contributed by atoms with Gasteiger partial charge >= 0.3 is 5.97 Å². The van der Waals surface area contributed by atoms with E-state index in [0.717, 1.165) is 11.3 Å². The largest absolute Gasteiger partial charge is 0.478 e. The maximum absolute atomic E-state index is 12.2. The van der Waals surface area contributed by atoms with Crippen LogP contribution in [0, 0.1) is 20.8 Å². The van der Waals surface area contributed by atoms with E-state index in [1.165, 1.54) is 6.07 Å². The molecule has 0 aliphatic rings. The summed E-state index contributed by atoms with van der Waals surface area (Å²) in [4.78, 5) is 23.5. The molecule has 2 N–H and O–H groups in total. The number of aryl methyl sites for hydroxylation is 2. The highest BCUT2D eigenvalue weighted by atomic mass is 16.4. The van der Waals surface area contributed by atoms with Gasteiger partial charge in [-0.2, -0.15) is 0 Å². The molecule has 0 saturated heterocycles. The monoisotopic (exact) mass is 286 g/mol. The van der Waals surface area contributed by atoms with Crippen LogP contribution in [0.2, 0.25) is 0 Å². The van der Waals surface area contributed by atoms with Crippen molar-refractivity contribution in [3.05, 3.63) is 52.3 Å². The minimum Gasteiger partial charge on any atom is -0.478 e. The molecule has 0 spiro atoms. The Morgan fingerprint density at radius 3 is 2.33 bits per heavy atom. The Hall–Kier alpha value is -2.56. The molecule has 5 nitrogen and oxygen atoms in total. The van der Waals surface area contributed by atoms with Crippen LogP contribution in [0.5, 0.6) is 0 Å². The minimum atomic E-state index is -0.999. The molecule has 1 aromatic carbocycles. The Morgan fingerprint density at radius 1 is 1.14 bits per heavy atom. The number of carbonyl (C=O) groups excluding carboxylic acids is 1. The van der Waals surface area contributed by atoms with Crippen molar-refractivity contribution >= 4 is 17.6 Å². The minimum absolute atomic E-state index is 0.202. The lowest BCUT2D eigenvalue weighted by Crippen LogP contribution is -2.16. The molecule has 0 aliphatic heterocycles. The molecule has 0 radical (unpaired) electrons. The zero-order valence-corrected chi connectivity index (χ0v) is 12.5. The lowest BCUT2D eigenvalue weighted by atomic mass is 10.0. The first-order chi connectivity index (χ1) is 9.81. The van der Waals surface area contributed by atoms with Crippen molar-refractivity contribution in [2.24, 2.45) is 7.05 Å². The first kappa shape index (κ1) is 14.8. The van der Waals surface area contributed by atoms with Crippen molar-refractivity contribution in [2.75, 3.05) is 5.32 Å². The number of hydrogen-bond acceptors (Lipinski definition) is 2. The van der Waals surface area contributed by atoms with Crippen LogP contribution in [-0.2, 0) is 7.05 Å². The number of hydrogen-bond donors (Lipinski definition) is 2. The second-order valence-electron chi connectivity index (χ2n) is 5.14. The smallest absolute Gasteiger partial charge is 0.336 e. The molecule has 0 atom stereocenters. The molecule has 1 aromatic heterocycles. The molecule has 110 valence electrons. The Labute approximate surface area is 123 Å². The normalized spacial score (nSPS) is 10.5. The molecule has 2 rings (SSSR count). The lowest BCUT2D eigenvalue weighted by molar-refractivity contribution is 0.0695. The third-order valence-corrected chi connectivity index (χ3v) is 3.76. The van der Waals surface area contributed by atoms with Crippen LogP contribution in [0.3, 0.4) is 0 Å². The predicted octanol–water partition coefficient (Wildman–Crippen LogP) is 2.90. The highest BCUT2D eigenvalue weighted by molar-refractivity contribution is 6.04. The van der Waals surface area contributed by atoms with Gasteiger partial charge in [-0.3, -0.25) is 4.79 Å². The highest BCUT2D eigenvalue weighted by Crippen LogP contribution is 2.21. The van der Waals surface area contributed by atoms with Gasteiger partial charge in [0.05, 0.1) is 5.56 Å². The fourth-order valence-electron chi connectivity index (χ4n) is 2.19. The van der Waals surface area contributed by atoms with E-state index in [9.17, 15) is 14.7 Å².